The summed E-state index contributed by atoms with van der Waals surface area (Å²) in [5.74, 6) is 0.486. The third-order valence-electron chi connectivity index (χ3n) is 7.70. The van der Waals surface area contributed by atoms with E-state index in [-0.39, 0.29) is 23.4 Å². The number of hydrogen-bond donors (Lipinski definition) is 1. The highest BCUT2D eigenvalue weighted by Crippen LogP contribution is 2.27. The standard InChI is InChI=1S/C33H41N3O6S/c1-5-42-30-18-14-28(15-19-30)36(43(39,40)31-20-10-24(2)11-21-31)23-32(37)35(22-26-12-16-29(41-4)17-13-26)25(3)33(38)34-27-8-6-7-9-27/h10-21,25,27H,5-9,22-23H2,1-4H3,(H,34,38)/t25-/m0/s1. The number of nitrogens with one attached hydrogen (secondary N) is 1. The molecule has 1 N–H and O–H groups in total. The van der Waals surface area contributed by atoms with Gasteiger partial charge < -0.3 is 19.7 Å². The maximum Gasteiger partial charge on any atom is 0.264 e. The Kier molecular flexibility index (Phi) is 10.7. The number of carbonyl (C=O) groups excluding carboxylic acids is 2. The topological polar surface area (TPSA) is 105 Å². The molecular weight excluding hydrogens is 566 g/mol. The van der Waals surface area contributed by atoms with Crippen LogP contribution in [0.5, 0.6) is 11.5 Å². The smallest absolute Gasteiger partial charge is 0.264 e. The summed E-state index contributed by atoms with van der Waals surface area (Å²) < 4.78 is 39.9. The molecule has 0 bridgehead atoms. The summed E-state index contributed by atoms with van der Waals surface area (Å²) in [5.41, 5.74) is 2.00. The second-order valence-corrected chi connectivity index (χ2v) is 12.6. The number of amides is 2. The molecule has 2 amide bonds. The van der Waals surface area contributed by atoms with Crippen molar-refractivity contribution in [1.82, 2.24) is 10.2 Å². The number of methoxy groups -OCH3 is 1. The summed E-state index contributed by atoms with van der Waals surface area (Å²) in [4.78, 5) is 29.0. The number of carbonyl (C=O) groups is 2. The van der Waals surface area contributed by atoms with E-state index in [1.807, 2.05) is 26.0 Å². The Labute approximate surface area is 254 Å². The van der Waals surface area contributed by atoms with Crippen LogP contribution in [-0.4, -0.2) is 57.5 Å². The average molecular weight is 608 g/mol. The summed E-state index contributed by atoms with van der Waals surface area (Å²) in [6.45, 7) is 5.50. The maximum atomic E-state index is 14.1. The van der Waals surface area contributed by atoms with Crippen LogP contribution >= 0.6 is 0 Å². The lowest BCUT2D eigenvalue weighted by Crippen LogP contribution is -2.52. The number of aryl methyl sites for hydroxylation is 1. The Balaban J connectivity index is 1.68. The lowest BCUT2D eigenvalue weighted by atomic mass is 10.1. The van der Waals surface area contributed by atoms with Gasteiger partial charge in [0.25, 0.3) is 10.0 Å². The van der Waals surface area contributed by atoms with Crippen LogP contribution < -0.4 is 19.1 Å². The van der Waals surface area contributed by atoms with E-state index >= 15 is 0 Å². The Bertz CT molecular complexity index is 1470. The maximum absolute atomic E-state index is 14.1. The van der Waals surface area contributed by atoms with Crippen molar-refractivity contribution >= 4 is 27.5 Å². The van der Waals surface area contributed by atoms with Gasteiger partial charge in [0.1, 0.15) is 24.1 Å². The second kappa shape index (κ2) is 14.4. The molecular formula is C33H41N3O6S. The Hall–Kier alpha value is -4.05. The molecule has 0 heterocycles. The molecule has 1 aliphatic rings. The molecule has 4 rings (SSSR count). The number of hydrogen-bond acceptors (Lipinski definition) is 6. The van der Waals surface area contributed by atoms with Crippen molar-refractivity contribution in [2.45, 2.75) is 70.0 Å². The third kappa shape index (κ3) is 8.07. The Morgan fingerprint density at radius 2 is 1.53 bits per heavy atom. The number of nitrogens with zero attached hydrogens (tertiary/aromatic N) is 2. The molecule has 1 fully saturated rings. The van der Waals surface area contributed by atoms with Gasteiger partial charge in [-0.25, -0.2) is 8.42 Å². The van der Waals surface area contributed by atoms with Gasteiger partial charge in [-0.15, -0.1) is 0 Å². The van der Waals surface area contributed by atoms with E-state index in [0.717, 1.165) is 41.1 Å². The largest absolute Gasteiger partial charge is 0.497 e. The lowest BCUT2D eigenvalue weighted by molar-refractivity contribution is -0.139. The van der Waals surface area contributed by atoms with Gasteiger partial charge >= 0.3 is 0 Å². The first-order valence-electron chi connectivity index (χ1n) is 14.7. The van der Waals surface area contributed by atoms with Crippen molar-refractivity contribution in [2.24, 2.45) is 0 Å². The first-order chi connectivity index (χ1) is 20.6. The zero-order chi connectivity index (χ0) is 31.0. The minimum Gasteiger partial charge on any atom is -0.497 e. The molecule has 3 aromatic rings. The van der Waals surface area contributed by atoms with E-state index in [9.17, 15) is 18.0 Å². The molecule has 230 valence electrons. The normalized spacial score (nSPS) is 14.1. The molecule has 0 unspecified atom stereocenters. The molecule has 1 atom stereocenters. The predicted molar refractivity (Wildman–Crippen MR) is 167 cm³/mol. The summed E-state index contributed by atoms with van der Waals surface area (Å²) in [7, 11) is -2.57. The van der Waals surface area contributed by atoms with Crippen LogP contribution in [0.15, 0.2) is 77.7 Å². The van der Waals surface area contributed by atoms with Gasteiger partial charge in [-0.1, -0.05) is 42.7 Å². The van der Waals surface area contributed by atoms with Crippen LogP contribution in [-0.2, 0) is 26.2 Å². The zero-order valence-electron chi connectivity index (χ0n) is 25.3. The van der Waals surface area contributed by atoms with Crippen LogP contribution in [0.4, 0.5) is 5.69 Å². The zero-order valence-corrected chi connectivity index (χ0v) is 26.1. The van der Waals surface area contributed by atoms with Crippen molar-refractivity contribution < 1.29 is 27.5 Å². The van der Waals surface area contributed by atoms with Gasteiger partial charge in [0, 0.05) is 12.6 Å². The van der Waals surface area contributed by atoms with Gasteiger partial charge in [0.15, 0.2) is 0 Å². The molecule has 1 saturated carbocycles. The summed E-state index contributed by atoms with van der Waals surface area (Å²) in [6.07, 6.45) is 3.93. The number of ether oxygens (including phenoxy) is 2. The highest BCUT2D eigenvalue weighted by atomic mass is 32.2. The molecule has 0 spiro atoms. The molecule has 3 aromatic carbocycles. The number of sulfonamides is 1. The second-order valence-electron chi connectivity index (χ2n) is 10.8. The molecule has 0 aromatic heterocycles. The van der Waals surface area contributed by atoms with Crippen LogP contribution in [0.25, 0.3) is 0 Å². The summed E-state index contributed by atoms with van der Waals surface area (Å²) in [6, 6.07) is 19.6. The van der Waals surface area contributed by atoms with Crippen molar-refractivity contribution in [1.29, 1.82) is 0 Å². The number of anilines is 1. The minimum atomic E-state index is -4.14. The van der Waals surface area contributed by atoms with Crippen molar-refractivity contribution in [2.75, 3.05) is 24.6 Å². The molecule has 10 heteroatoms. The molecule has 0 saturated heterocycles. The van der Waals surface area contributed by atoms with E-state index in [0.29, 0.717) is 23.8 Å². The van der Waals surface area contributed by atoms with Gasteiger partial charge in [0.2, 0.25) is 11.8 Å². The molecule has 1 aliphatic carbocycles. The minimum absolute atomic E-state index is 0.0634. The average Bonchev–Trinajstić information content (AvgIpc) is 3.52. The van der Waals surface area contributed by atoms with Gasteiger partial charge in [-0.3, -0.25) is 13.9 Å². The van der Waals surface area contributed by atoms with E-state index in [1.165, 1.54) is 17.0 Å². The summed E-state index contributed by atoms with van der Waals surface area (Å²) >= 11 is 0. The summed E-state index contributed by atoms with van der Waals surface area (Å²) in [5, 5.41) is 3.08. The fraction of sp³-hybridized carbons (Fsp3) is 0.394. The molecule has 9 nitrogen and oxygen atoms in total. The van der Waals surface area contributed by atoms with Gasteiger partial charge in [0.05, 0.1) is 24.3 Å². The first kappa shape index (κ1) is 31.9. The van der Waals surface area contributed by atoms with Crippen molar-refractivity contribution in [3.05, 3.63) is 83.9 Å². The van der Waals surface area contributed by atoms with Crippen molar-refractivity contribution in [3.8, 4) is 11.5 Å². The highest BCUT2D eigenvalue weighted by molar-refractivity contribution is 7.92. The van der Waals surface area contributed by atoms with E-state index in [1.54, 1.807) is 62.6 Å². The highest BCUT2D eigenvalue weighted by Gasteiger charge is 2.33. The fourth-order valence-electron chi connectivity index (χ4n) is 5.14. The van der Waals surface area contributed by atoms with Gasteiger partial charge in [-0.05, 0) is 87.7 Å². The first-order valence-corrected chi connectivity index (χ1v) is 16.1. The molecule has 43 heavy (non-hydrogen) atoms. The van der Waals surface area contributed by atoms with E-state index < -0.39 is 28.5 Å². The van der Waals surface area contributed by atoms with Crippen molar-refractivity contribution in [3.63, 3.8) is 0 Å². The number of benzene rings is 3. The lowest BCUT2D eigenvalue weighted by Gasteiger charge is -2.32. The van der Waals surface area contributed by atoms with Crippen LogP contribution in [0.1, 0.15) is 50.7 Å². The molecule has 0 radical (unpaired) electrons. The predicted octanol–water partition coefficient (Wildman–Crippen LogP) is 5.07. The van der Waals surface area contributed by atoms with Gasteiger partial charge in [-0.2, -0.15) is 0 Å². The number of rotatable bonds is 13. The Morgan fingerprint density at radius 1 is 0.930 bits per heavy atom. The van der Waals surface area contributed by atoms with E-state index in [2.05, 4.69) is 5.32 Å². The van der Waals surface area contributed by atoms with Crippen LogP contribution in [0.2, 0.25) is 0 Å². The SMILES string of the molecule is CCOc1ccc(N(CC(=O)N(Cc2ccc(OC)cc2)[C@@H](C)C(=O)NC2CCCC2)S(=O)(=O)c2ccc(C)cc2)cc1. The quantitative estimate of drug-likeness (QED) is 0.291. The van der Waals surface area contributed by atoms with Crippen LogP contribution in [0, 0.1) is 6.92 Å². The Morgan fingerprint density at radius 3 is 2.12 bits per heavy atom. The third-order valence-corrected chi connectivity index (χ3v) is 9.49. The molecule has 0 aliphatic heterocycles. The fourth-order valence-corrected chi connectivity index (χ4v) is 6.56. The van der Waals surface area contributed by atoms with E-state index in [4.69, 9.17) is 9.47 Å². The van der Waals surface area contributed by atoms with Crippen LogP contribution in [0.3, 0.4) is 0 Å². The monoisotopic (exact) mass is 607 g/mol.